The SMILES string of the molecule is COC1(c2ncc(Cl)cc2C)CCCN(C(=O)O)C1. The number of methoxy groups -OCH3 is 1. The number of hydrogen-bond donors (Lipinski definition) is 1. The normalized spacial score (nSPS) is 23.4. The second kappa shape index (κ2) is 5.35. The number of amides is 1. The van der Waals surface area contributed by atoms with E-state index in [-0.39, 0.29) is 0 Å². The first-order valence-corrected chi connectivity index (χ1v) is 6.52. The number of ether oxygens (including phenoxy) is 1. The fourth-order valence-corrected chi connectivity index (χ4v) is 2.87. The molecule has 0 saturated carbocycles. The Morgan fingerprint density at radius 1 is 1.63 bits per heavy atom. The number of rotatable bonds is 2. The number of hydrogen-bond acceptors (Lipinski definition) is 3. The maximum absolute atomic E-state index is 11.2. The summed E-state index contributed by atoms with van der Waals surface area (Å²) < 4.78 is 5.66. The Balaban J connectivity index is 2.39. The fraction of sp³-hybridized carbons (Fsp3) is 0.538. The van der Waals surface area contributed by atoms with E-state index in [4.69, 9.17) is 21.4 Å². The number of nitrogens with zero attached hydrogens (tertiary/aromatic N) is 2. The zero-order valence-corrected chi connectivity index (χ0v) is 11.8. The van der Waals surface area contributed by atoms with Crippen LogP contribution < -0.4 is 0 Å². The van der Waals surface area contributed by atoms with Crippen molar-refractivity contribution in [2.24, 2.45) is 0 Å². The van der Waals surface area contributed by atoms with Crippen LogP contribution in [0.15, 0.2) is 12.3 Å². The van der Waals surface area contributed by atoms with Gasteiger partial charge in [-0.05, 0) is 31.4 Å². The molecule has 0 spiro atoms. The number of carbonyl (C=O) groups is 1. The van der Waals surface area contributed by atoms with Crippen LogP contribution >= 0.6 is 11.6 Å². The van der Waals surface area contributed by atoms with Crippen molar-refractivity contribution in [2.45, 2.75) is 25.4 Å². The van der Waals surface area contributed by atoms with Gasteiger partial charge >= 0.3 is 6.09 Å². The van der Waals surface area contributed by atoms with Gasteiger partial charge in [-0.15, -0.1) is 0 Å². The molecule has 1 aromatic rings. The van der Waals surface area contributed by atoms with Crippen LogP contribution in [0.4, 0.5) is 4.79 Å². The molecule has 1 aliphatic rings. The van der Waals surface area contributed by atoms with E-state index in [9.17, 15) is 4.79 Å². The standard InChI is InChI=1S/C13H17ClN2O3/c1-9-6-10(14)7-15-11(9)13(19-2)4-3-5-16(8-13)12(17)18/h6-7H,3-5,8H2,1-2H3,(H,17,18). The lowest BCUT2D eigenvalue weighted by Gasteiger charge is -2.40. The molecule has 0 aromatic carbocycles. The molecule has 5 nitrogen and oxygen atoms in total. The second-order valence-corrected chi connectivity index (χ2v) is 5.26. The molecule has 0 bridgehead atoms. The molecule has 1 aliphatic heterocycles. The quantitative estimate of drug-likeness (QED) is 0.907. The Labute approximate surface area is 117 Å². The Morgan fingerprint density at radius 3 is 2.95 bits per heavy atom. The summed E-state index contributed by atoms with van der Waals surface area (Å²) in [5.74, 6) is 0. The summed E-state index contributed by atoms with van der Waals surface area (Å²) in [6, 6.07) is 1.82. The highest BCUT2D eigenvalue weighted by Gasteiger charge is 2.41. The monoisotopic (exact) mass is 284 g/mol. The van der Waals surface area contributed by atoms with Gasteiger partial charge in [0, 0.05) is 19.9 Å². The smallest absolute Gasteiger partial charge is 0.407 e. The third-order valence-corrected chi connectivity index (χ3v) is 3.80. The minimum atomic E-state index is -0.923. The fourth-order valence-electron chi connectivity index (χ4n) is 2.66. The van der Waals surface area contributed by atoms with Crippen LogP contribution in [0.25, 0.3) is 0 Å². The minimum Gasteiger partial charge on any atom is -0.465 e. The summed E-state index contributed by atoms with van der Waals surface area (Å²) in [6.45, 7) is 2.75. The van der Waals surface area contributed by atoms with Gasteiger partial charge in [0.1, 0.15) is 5.60 Å². The lowest BCUT2D eigenvalue weighted by molar-refractivity contribution is -0.0674. The van der Waals surface area contributed by atoms with Crippen molar-refractivity contribution in [1.29, 1.82) is 0 Å². The summed E-state index contributed by atoms with van der Waals surface area (Å²) in [4.78, 5) is 16.9. The van der Waals surface area contributed by atoms with Gasteiger partial charge in [-0.1, -0.05) is 11.6 Å². The predicted octanol–water partition coefficient (Wildman–Crippen LogP) is 2.66. The molecule has 2 rings (SSSR count). The van der Waals surface area contributed by atoms with Crippen LogP contribution in [-0.4, -0.2) is 41.3 Å². The molecule has 1 N–H and O–H groups in total. The molecular weight excluding hydrogens is 268 g/mol. The Hall–Kier alpha value is -1.33. The Morgan fingerprint density at radius 2 is 2.37 bits per heavy atom. The van der Waals surface area contributed by atoms with Gasteiger partial charge in [0.2, 0.25) is 0 Å². The van der Waals surface area contributed by atoms with E-state index in [1.54, 1.807) is 13.3 Å². The molecular formula is C13H17ClN2O3. The van der Waals surface area contributed by atoms with E-state index in [0.29, 0.717) is 18.1 Å². The third-order valence-electron chi connectivity index (χ3n) is 3.59. The van der Waals surface area contributed by atoms with E-state index >= 15 is 0 Å². The summed E-state index contributed by atoms with van der Waals surface area (Å²) >= 11 is 5.92. The van der Waals surface area contributed by atoms with Crippen molar-refractivity contribution in [2.75, 3.05) is 20.2 Å². The zero-order chi connectivity index (χ0) is 14.0. The van der Waals surface area contributed by atoms with Crippen molar-refractivity contribution in [3.8, 4) is 0 Å². The highest BCUT2D eigenvalue weighted by Crippen LogP contribution is 2.35. The average Bonchev–Trinajstić information content (AvgIpc) is 2.38. The topological polar surface area (TPSA) is 62.7 Å². The first-order valence-electron chi connectivity index (χ1n) is 6.14. The lowest BCUT2D eigenvalue weighted by Crippen LogP contribution is -2.49. The molecule has 1 aromatic heterocycles. The summed E-state index contributed by atoms with van der Waals surface area (Å²) in [7, 11) is 1.60. The van der Waals surface area contributed by atoms with Crippen LogP contribution in [-0.2, 0) is 10.3 Å². The van der Waals surface area contributed by atoms with Gasteiger partial charge in [0.25, 0.3) is 0 Å². The minimum absolute atomic E-state index is 0.300. The van der Waals surface area contributed by atoms with E-state index in [0.717, 1.165) is 24.1 Å². The molecule has 19 heavy (non-hydrogen) atoms. The second-order valence-electron chi connectivity index (χ2n) is 4.83. The number of pyridine rings is 1. The molecule has 2 heterocycles. The maximum Gasteiger partial charge on any atom is 0.407 e. The molecule has 1 unspecified atom stereocenters. The van der Waals surface area contributed by atoms with Crippen molar-refractivity contribution in [3.63, 3.8) is 0 Å². The number of aryl methyl sites for hydroxylation is 1. The van der Waals surface area contributed by atoms with Crippen molar-refractivity contribution >= 4 is 17.7 Å². The van der Waals surface area contributed by atoms with Crippen LogP contribution in [0.5, 0.6) is 0 Å². The third kappa shape index (κ3) is 2.67. The lowest BCUT2D eigenvalue weighted by atomic mass is 9.87. The highest BCUT2D eigenvalue weighted by molar-refractivity contribution is 6.30. The largest absolute Gasteiger partial charge is 0.465 e. The number of aromatic nitrogens is 1. The first-order chi connectivity index (χ1) is 8.98. The molecule has 104 valence electrons. The molecule has 1 atom stereocenters. The number of likely N-dealkylation sites (tertiary alicyclic amines) is 1. The van der Waals surface area contributed by atoms with E-state index in [2.05, 4.69) is 4.98 Å². The van der Waals surface area contributed by atoms with Crippen LogP contribution in [0.1, 0.15) is 24.1 Å². The van der Waals surface area contributed by atoms with Crippen LogP contribution in [0.2, 0.25) is 5.02 Å². The van der Waals surface area contributed by atoms with Gasteiger partial charge in [-0.25, -0.2) is 4.79 Å². The van der Waals surface area contributed by atoms with E-state index in [1.807, 2.05) is 13.0 Å². The predicted molar refractivity (Wildman–Crippen MR) is 71.5 cm³/mol. The van der Waals surface area contributed by atoms with Gasteiger partial charge in [0.15, 0.2) is 0 Å². The van der Waals surface area contributed by atoms with Gasteiger partial charge in [0.05, 0.1) is 17.3 Å². The Kier molecular flexibility index (Phi) is 3.96. The first kappa shape index (κ1) is 14.1. The number of halogens is 1. The van der Waals surface area contributed by atoms with Crippen molar-refractivity contribution in [1.82, 2.24) is 9.88 Å². The van der Waals surface area contributed by atoms with Crippen molar-refractivity contribution in [3.05, 3.63) is 28.5 Å². The van der Waals surface area contributed by atoms with Crippen LogP contribution in [0, 0.1) is 6.92 Å². The van der Waals surface area contributed by atoms with Gasteiger partial charge in [-0.2, -0.15) is 0 Å². The molecule has 1 fully saturated rings. The molecule has 1 amide bonds. The Bertz CT molecular complexity index is 495. The average molecular weight is 285 g/mol. The number of piperidine rings is 1. The summed E-state index contributed by atoms with van der Waals surface area (Å²) in [5.41, 5.74) is 1.01. The summed E-state index contributed by atoms with van der Waals surface area (Å²) in [5, 5.41) is 9.72. The molecule has 0 aliphatic carbocycles. The summed E-state index contributed by atoms with van der Waals surface area (Å²) in [6.07, 6.45) is 2.16. The van der Waals surface area contributed by atoms with Crippen LogP contribution in [0.3, 0.4) is 0 Å². The maximum atomic E-state index is 11.2. The van der Waals surface area contributed by atoms with Crippen molar-refractivity contribution < 1.29 is 14.6 Å². The van der Waals surface area contributed by atoms with Gasteiger partial charge < -0.3 is 14.7 Å². The van der Waals surface area contributed by atoms with E-state index in [1.165, 1.54) is 4.90 Å². The van der Waals surface area contributed by atoms with E-state index < -0.39 is 11.7 Å². The zero-order valence-electron chi connectivity index (χ0n) is 11.0. The van der Waals surface area contributed by atoms with Gasteiger partial charge in [-0.3, -0.25) is 4.98 Å². The number of carboxylic acid groups (broad SMARTS) is 1. The molecule has 0 radical (unpaired) electrons. The highest BCUT2D eigenvalue weighted by atomic mass is 35.5. The molecule has 1 saturated heterocycles. The molecule has 6 heteroatoms.